The number of hydrogen-bond donors (Lipinski definition) is 0. The second-order valence-electron chi connectivity index (χ2n) is 6.33. The molecule has 0 aliphatic heterocycles. The molecule has 0 fully saturated rings. The molecule has 6 heteroatoms. The molecule has 0 spiro atoms. The molecule has 3 aromatic heterocycles. The summed E-state index contributed by atoms with van der Waals surface area (Å²) >= 11 is 11.2. The van der Waals surface area contributed by atoms with E-state index in [1.54, 1.807) is 52.2 Å². The van der Waals surface area contributed by atoms with Crippen LogP contribution in [0, 0.1) is 6.92 Å². The molecule has 1 aliphatic carbocycles. The number of Topliss-reactive ketones (excluding diaryl/α,β-unsaturated/α-hetero) is 2. The second-order valence-corrected chi connectivity index (χ2v) is 9.88. The molecule has 0 bridgehead atoms. The Balaban J connectivity index is 1.54. The molecule has 1 aromatic carbocycles. The largest absolute Gasteiger partial charge is 0.288 e. The van der Waals surface area contributed by atoms with Crippen LogP contribution in [0.3, 0.4) is 0 Å². The number of rotatable bonds is 2. The zero-order valence-electron chi connectivity index (χ0n) is 14.0. The molecule has 132 valence electrons. The zero-order chi connectivity index (χ0) is 18.7. The van der Waals surface area contributed by atoms with E-state index in [2.05, 4.69) is 23.6 Å². The lowest BCUT2D eigenvalue weighted by atomic mass is 10.1. The van der Waals surface area contributed by atoms with Crippen molar-refractivity contribution in [2.75, 3.05) is 0 Å². The van der Waals surface area contributed by atoms with Crippen LogP contribution in [0.2, 0.25) is 5.02 Å². The lowest BCUT2D eigenvalue weighted by molar-refractivity contribution is 0.0990. The van der Waals surface area contributed by atoms with Gasteiger partial charge in [-0.3, -0.25) is 9.59 Å². The highest BCUT2D eigenvalue weighted by Gasteiger charge is 2.33. The Morgan fingerprint density at radius 3 is 2.37 bits per heavy atom. The van der Waals surface area contributed by atoms with E-state index < -0.39 is 0 Å². The number of halogens is 1. The number of carbonyl (C=O) groups excluding carboxylic acids is 2. The molecule has 5 rings (SSSR count). The van der Waals surface area contributed by atoms with Crippen molar-refractivity contribution in [2.45, 2.75) is 6.92 Å². The highest BCUT2D eigenvalue weighted by molar-refractivity contribution is 7.31. The van der Waals surface area contributed by atoms with Gasteiger partial charge in [0.05, 0.1) is 5.57 Å². The zero-order valence-corrected chi connectivity index (χ0v) is 17.2. The van der Waals surface area contributed by atoms with E-state index in [0.717, 1.165) is 10.4 Å². The Kier molecular flexibility index (Phi) is 3.95. The van der Waals surface area contributed by atoms with Crippen LogP contribution in [-0.2, 0) is 0 Å². The van der Waals surface area contributed by atoms with Crippen molar-refractivity contribution in [3.8, 4) is 9.75 Å². The SMILES string of the molecule is Cc1cc2c(cc1Cl)C(=O)/C(=C\c1cc3sc(-c4cccs4)cc3s1)C2=O. The van der Waals surface area contributed by atoms with Gasteiger partial charge in [0.15, 0.2) is 11.6 Å². The minimum absolute atomic E-state index is 0.217. The Morgan fingerprint density at radius 2 is 1.67 bits per heavy atom. The van der Waals surface area contributed by atoms with Gasteiger partial charge in [-0.1, -0.05) is 17.7 Å². The quantitative estimate of drug-likeness (QED) is 0.252. The predicted molar refractivity (Wildman–Crippen MR) is 116 cm³/mol. The molecular weight excluding hydrogens is 416 g/mol. The Hall–Kier alpha value is -2.05. The van der Waals surface area contributed by atoms with Gasteiger partial charge in [-0.15, -0.1) is 34.0 Å². The number of thiophene rings is 3. The highest BCUT2D eigenvalue weighted by Crippen LogP contribution is 2.41. The molecule has 0 radical (unpaired) electrons. The van der Waals surface area contributed by atoms with Crippen molar-refractivity contribution in [2.24, 2.45) is 0 Å². The first-order chi connectivity index (χ1) is 13.0. The summed E-state index contributed by atoms with van der Waals surface area (Å²) in [6.45, 7) is 1.83. The van der Waals surface area contributed by atoms with Gasteiger partial charge in [0.1, 0.15) is 0 Å². The molecule has 0 amide bonds. The third kappa shape index (κ3) is 2.74. The van der Waals surface area contributed by atoms with Gasteiger partial charge in [-0.25, -0.2) is 0 Å². The van der Waals surface area contributed by atoms with Crippen LogP contribution in [0.5, 0.6) is 0 Å². The Labute approximate surface area is 172 Å². The molecular formula is C21H11ClO2S3. The van der Waals surface area contributed by atoms with Crippen LogP contribution >= 0.6 is 45.6 Å². The molecule has 0 saturated carbocycles. The first-order valence-electron chi connectivity index (χ1n) is 8.20. The number of benzene rings is 1. The number of hydrogen-bond acceptors (Lipinski definition) is 5. The minimum atomic E-state index is -0.243. The average Bonchev–Trinajstić information content (AvgIpc) is 3.38. The molecule has 0 saturated heterocycles. The van der Waals surface area contributed by atoms with Crippen LogP contribution in [0.4, 0.5) is 0 Å². The van der Waals surface area contributed by atoms with Crippen LogP contribution < -0.4 is 0 Å². The van der Waals surface area contributed by atoms with Gasteiger partial charge < -0.3 is 0 Å². The summed E-state index contributed by atoms with van der Waals surface area (Å²) in [6, 6.07) is 11.7. The number of fused-ring (bicyclic) bond motifs is 2. The average molecular weight is 427 g/mol. The topological polar surface area (TPSA) is 34.1 Å². The van der Waals surface area contributed by atoms with Crippen LogP contribution in [0.25, 0.3) is 25.2 Å². The lowest BCUT2D eigenvalue weighted by Crippen LogP contribution is -1.99. The third-order valence-corrected chi connectivity index (χ3v) is 8.27. The van der Waals surface area contributed by atoms with Crippen molar-refractivity contribution in [1.29, 1.82) is 0 Å². The molecule has 0 N–H and O–H groups in total. The van der Waals surface area contributed by atoms with Gasteiger partial charge in [0, 0.05) is 40.2 Å². The standard InChI is InChI=1S/C21H11ClO2S3/c1-10-5-12-13(8-15(10)22)21(24)14(20(12)23)6-11-7-17-19(26-11)9-18(27-17)16-3-2-4-25-16/h2-9H,1H3/b14-6-. The van der Waals surface area contributed by atoms with E-state index in [4.69, 9.17) is 11.6 Å². The molecule has 2 nitrogen and oxygen atoms in total. The molecule has 1 aliphatic rings. The molecule has 27 heavy (non-hydrogen) atoms. The fourth-order valence-corrected chi connectivity index (χ4v) is 6.53. The van der Waals surface area contributed by atoms with Gasteiger partial charge in [0.2, 0.25) is 0 Å². The maximum absolute atomic E-state index is 12.7. The smallest absolute Gasteiger partial charge is 0.197 e. The van der Waals surface area contributed by atoms with Crippen molar-refractivity contribution in [1.82, 2.24) is 0 Å². The van der Waals surface area contributed by atoms with E-state index in [9.17, 15) is 9.59 Å². The van der Waals surface area contributed by atoms with E-state index in [1.165, 1.54) is 19.2 Å². The summed E-state index contributed by atoms with van der Waals surface area (Å²) in [5.41, 5.74) is 1.88. The maximum Gasteiger partial charge on any atom is 0.197 e. The Bertz CT molecular complexity index is 1200. The van der Waals surface area contributed by atoms with E-state index in [0.29, 0.717) is 16.1 Å². The fraction of sp³-hybridized carbons (Fsp3) is 0.0476. The van der Waals surface area contributed by atoms with Crippen molar-refractivity contribution >= 4 is 72.7 Å². The fourth-order valence-electron chi connectivity index (χ4n) is 3.19. The first-order valence-corrected chi connectivity index (χ1v) is 11.1. The summed E-state index contributed by atoms with van der Waals surface area (Å²) < 4.78 is 2.34. The summed E-state index contributed by atoms with van der Waals surface area (Å²) in [6.07, 6.45) is 1.72. The molecule has 4 aromatic rings. The van der Waals surface area contributed by atoms with Crippen LogP contribution in [0.15, 0.2) is 47.4 Å². The monoisotopic (exact) mass is 426 g/mol. The normalized spacial score (nSPS) is 15.3. The van der Waals surface area contributed by atoms with Gasteiger partial charge in [-0.2, -0.15) is 0 Å². The number of allylic oxidation sites excluding steroid dienone is 1. The molecule has 0 unspecified atom stereocenters. The van der Waals surface area contributed by atoms with Crippen molar-refractivity contribution < 1.29 is 9.59 Å². The number of aryl methyl sites for hydroxylation is 1. The predicted octanol–water partition coefficient (Wildman–Crippen LogP) is 7.12. The second kappa shape index (κ2) is 6.24. The molecule has 3 heterocycles. The van der Waals surface area contributed by atoms with E-state index in [1.807, 2.05) is 13.0 Å². The summed E-state index contributed by atoms with van der Waals surface area (Å²) in [5.74, 6) is -0.460. The molecule has 0 atom stereocenters. The minimum Gasteiger partial charge on any atom is -0.288 e. The van der Waals surface area contributed by atoms with Gasteiger partial charge in [0.25, 0.3) is 0 Å². The van der Waals surface area contributed by atoms with Crippen LogP contribution in [-0.4, -0.2) is 11.6 Å². The van der Waals surface area contributed by atoms with Gasteiger partial charge in [-0.05, 0) is 54.3 Å². The Morgan fingerprint density at radius 1 is 0.926 bits per heavy atom. The van der Waals surface area contributed by atoms with E-state index >= 15 is 0 Å². The van der Waals surface area contributed by atoms with Crippen molar-refractivity contribution in [3.63, 3.8) is 0 Å². The number of carbonyl (C=O) groups is 2. The van der Waals surface area contributed by atoms with E-state index in [-0.39, 0.29) is 17.1 Å². The van der Waals surface area contributed by atoms with Gasteiger partial charge >= 0.3 is 0 Å². The maximum atomic E-state index is 12.7. The third-order valence-electron chi connectivity index (χ3n) is 4.55. The van der Waals surface area contributed by atoms with Crippen molar-refractivity contribution in [3.05, 3.63) is 73.9 Å². The summed E-state index contributed by atoms with van der Waals surface area (Å²) in [5, 5.41) is 2.58. The summed E-state index contributed by atoms with van der Waals surface area (Å²) in [4.78, 5) is 28.8. The number of ketones is 2. The highest BCUT2D eigenvalue weighted by atomic mass is 35.5. The first kappa shape index (κ1) is 17.1. The van der Waals surface area contributed by atoms with Crippen LogP contribution in [0.1, 0.15) is 31.2 Å². The summed E-state index contributed by atoms with van der Waals surface area (Å²) in [7, 11) is 0. The lowest BCUT2D eigenvalue weighted by Gasteiger charge is -2.00.